The van der Waals surface area contributed by atoms with Crippen molar-refractivity contribution in [3.05, 3.63) is 72.1 Å². The predicted octanol–water partition coefficient (Wildman–Crippen LogP) is 3.58. The molecule has 0 fully saturated rings. The number of rotatable bonds is 4. The summed E-state index contributed by atoms with van der Waals surface area (Å²) in [6.07, 6.45) is 5.39. The average molecular weight is 399 g/mol. The van der Waals surface area contributed by atoms with Crippen LogP contribution in [0.3, 0.4) is 0 Å². The zero-order chi connectivity index (χ0) is 20.8. The lowest BCUT2D eigenvalue weighted by Gasteiger charge is -2.16. The molecule has 4 aromatic rings. The highest BCUT2D eigenvalue weighted by Gasteiger charge is 2.30. The van der Waals surface area contributed by atoms with Crippen molar-refractivity contribution in [1.82, 2.24) is 29.3 Å². The van der Waals surface area contributed by atoms with Crippen molar-refractivity contribution in [3.8, 4) is 17.2 Å². The molecule has 0 bridgehead atoms. The fourth-order valence-corrected chi connectivity index (χ4v) is 3.70. The van der Waals surface area contributed by atoms with Gasteiger partial charge < -0.3 is 9.13 Å². The number of aromatic nitrogens is 6. The summed E-state index contributed by atoms with van der Waals surface area (Å²) in [5.74, 6) is 1.24. The van der Waals surface area contributed by atoms with E-state index < -0.39 is 0 Å². The molecule has 1 aromatic carbocycles. The summed E-state index contributed by atoms with van der Waals surface area (Å²) in [5.41, 5.74) is 4.21. The first kappa shape index (κ1) is 18.2. The van der Waals surface area contributed by atoms with E-state index in [0.29, 0.717) is 29.4 Å². The second kappa shape index (κ2) is 6.91. The first-order valence-corrected chi connectivity index (χ1v) is 9.84. The van der Waals surface area contributed by atoms with Gasteiger partial charge in [0.1, 0.15) is 17.8 Å². The van der Waals surface area contributed by atoms with Crippen molar-refractivity contribution in [2.75, 3.05) is 4.90 Å². The number of carbonyl (C=O) groups is 1. The smallest absolute Gasteiger partial charge is 0.260 e. The van der Waals surface area contributed by atoms with Crippen molar-refractivity contribution in [2.45, 2.75) is 33.4 Å². The number of pyridine rings is 1. The molecule has 0 saturated heterocycles. The molecule has 0 spiro atoms. The van der Waals surface area contributed by atoms with Gasteiger partial charge in [-0.15, -0.1) is 10.2 Å². The minimum absolute atomic E-state index is 0.0568. The van der Waals surface area contributed by atoms with E-state index in [0.717, 1.165) is 16.9 Å². The van der Waals surface area contributed by atoms with E-state index >= 15 is 0 Å². The minimum atomic E-state index is -0.0568. The summed E-state index contributed by atoms with van der Waals surface area (Å²) in [4.78, 5) is 23.9. The Kier molecular flexibility index (Phi) is 4.20. The van der Waals surface area contributed by atoms with Crippen molar-refractivity contribution in [3.63, 3.8) is 0 Å². The molecule has 150 valence electrons. The number of benzene rings is 1. The Morgan fingerprint density at radius 1 is 1.10 bits per heavy atom. The number of aryl methyl sites for hydroxylation is 1. The number of carbonyl (C=O) groups excluding carboxylic acids is 1. The normalized spacial score (nSPS) is 13.3. The van der Waals surface area contributed by atoms with Crippen LogP contribution in [0.4, 0.5) is 5.82 Å². The molecule has 0 aliphatic carbocycles. The van der Waals surface area contributed by atoms with Crippen LogP contribution in [0.25, 0.3) is 17.2 Å². The van der Waals surface area contributed by atoms with Crippen LogP contribution in [0.1, 0.15) is 41.5 Å². The van der Waals surface area contributed by atoms with E-state index in [1.54, 1.807) is 17.6 Å². The number of fused-ring (bicyclic) bond motifs is 1. The molecular formula is C22H21N7O. The zero-order valence-electron chi connectivity index (χ0n) is 17.0. The van der Waals surface area contributed by atoms with Gasteiger partial charge >= 0.3 is 0 Å². The Labute approximate surface area is 173 Å². The van der Waals surface area contributed by atoms with Crippen molar-refractivity contribution < 1.29 is 4.79 Å². The molecule has 0 unspecified atom stereocenters. The van der Waals surface area contributed by atoms with Gasteiger partial charge in [-0.05, 0) is 50.6 Å². The van der Waals surface area contributed by atoms with Gasteiger partial charge in [0.05, 0.1) is 18.6 Å². The third kappa shape index (κ3) is 2.97. The van der Waals surface area contributed by atoms with Crippen molar-refractivity contribution in [1.29, 1.82) is 0 Å². The fraction of sp³-hybridized carbons (Fsp3) is 0.227. The van der Waals surface area contributed by atoms with Crippen LogP contribution in [-0.4, -0.2) is 35.2 Å². The second-order valence-corrected chi connectivity index (χ2v) is 7.69. The average Bonchev–Trinajstić information content (AvgIpc) is 3.47. The van der Waals surface area contributed by atoms with Gasteiger partial charge in [0.25, 0.3) is 5.91 Å². The molecule has 1 aliphatic rings. The molecule has 0 N–H and O–H groups in total. The molecule has 0 saturated carbocycles. The molecule has 3 aromatic heterocycles. The summed E-state index contributed by atoms with van der Waals surface area (Å²) in [6, 6.07) is 11.8. The summed E-state index contributed by atoms with van der Waals surface area (Å²) in [7, 11) is 0. The van der Waals surface area contributed by atoms with Gasteiger partial charge in [0.15, 0.2) is 5.82 Å². The molecule has 0 atom stereocenters. The molecule has 8 nitrogen and oxygen atoms in total. The maximum Gasteiger partial charge on any atom is 0.260 e. The Bertz CT molecular complexity index is 1250. The SMILES string of the molecule is Cc1cn(-c2ccc3c(c2)C(=O)N(c2cccc(-c4nncn4C(C)C)n2)C3)cn1. The Balaban J connectivity index is 1.48. The number of amides is 1. The standard InChI is InChI=1S/C22H21N7O/c1-14(2)29-13-24-26-21(29)19-5-4-6-20(25-19)28-11-16-7-8-17(9-18(16)22(28)30)27-10-15(3)23-12-27/h4-10,12-14H,11H2,1-3H3. The largest absolute Gasteiger partial charge is 0.310 e. The van der Waals surface area contributed by atoms with Gasteiger partial charge in [-0.25, -0.2) is 9.97 Å². The van der Waals surface area contributed by atoms with Crippen LogP contribution >= 0.6 is 0 Å². The summed E-state index contributed by atoms with van der Waals surface area (Å²) >= 11 is 0. The third-order valence-electron chi connectivity index (χ3n) is 5.28. The van der Waals surface area contributed by atoms with Crippen LogP contribution in [0.2, 0.25) is 0 Å². The Hall–Kier alpha value is -3.81. The van der Waals surface area contributed by atoms with Crippen LogP contribution in [0, 0.1) is 6.92 Å². The summed E-state index contributed by atoms with van der Waals surface area (Å²) in [5, 5.41) is 8.24. The first-order chi connectivity index (χ1) is 14.5. The van der Waals surface area contributed by atoms with Gasteiger partial charge in [-0.1, -0.05) is 12.1 Å². The van der Waals surface area contributed by atoms with Gasteiger partial charge in [0, 0.05) is 23.5 Å². The quantitative estimate of drug-likeness (QED) is 0.524. The number of hydrogen-bond donors (Lipinski definition) is 0. The van der Waals surface area contributed by atoms with Crippen LogP contribution in [0.5, 0.6) is 0 Å². The fourth-order valence-electron chi connectivity index (χ4n) is 3.70. The zero-order valence-corrected chi connectivity index (χ0v) is 17.0. The second-order valence-electron chi connectivity index (χ2n) is 7.69. The molecular weight excluding hydrogens is 378 g/mol. The third-order valence-corrected chi connectivity index (χ3v) is 5.28. The molecule has 1 aliphatic heterocycles. The lowest BCUT2D eigenvalue weighted by atomic mass is 10.1. The number of imidazole rings is 1. The van der Waals surface area contributed by atoms with Crippen molar-refractivity contribution >= 4 is 11.7 Å². The Morgan fingerprint density at radius 2 is 1.97 bits per heavy atom. The van der Waals surface area contributed by atoms with Crippen LogP contribution in [0.15, 0.2) is 55.2 Å². The lowest BCUT2D eigenvalue weighted by Crippen LogP contribution is -2.24. The van der Waals surface area contributed by atoms with Gasteiger partial charge in [-0.3, -0.25) is 9.69 Å². The molecule has 0 radical (unpaired) electrons. The molecule has 5 rings (SSSR count). The topological polar surface area (TPSA) is 81.7 Å². The molecule has 30 heavy (non-hydrogen) atoms. The predicted molar refractivity (Wildman–Crippen MR) is 112 cm³/mol. The van der Waals surface area contributed by atoms with E-state index in [2.05, 4.69) is 29.0 Å². The molecule has 4 heterocycles. The van der Waals surface area contributed by atoms with E-state index in [9.17, 15) is 4.79 Å². The Morgan fingerprint density at radius 3 is 2.73 bits per heavy atom. The summed E-state index contributed by atoms with van der Waals surface area (Å²) < 4.78 is 3.88. The number of hydrogen-bond acceptors (Lipinski definition) is 5. The summed E-state index contributed by atoms with van der Waals surface area (Å²) in [6.45, 7) is 6.56. The van der Waals surface area contributed by atoms with E-state index in [4.69, 9.17) is 4.98 Å². The van der Waals surface area contributed by atoms with Gasteiger partial charge in [-0.2, -0.15) is 0 Å². The maximum atomic E-state index is 13.2. The van der Waals surface area contributed by atoms with Crippen LogP contribution in [-0.2, 0) is 6.54 Å². The van der Waals surface area contributed by atoms with Gasteiger partial charge in [0.2, 0.25) is 0 Å². The molecule has 1 amide bonds. The molecule has 8 heteroatoms. The highest BCUT2D eigenvalue weighted by atomic mass is 16.2. The van der Waals surface area contributed by atoms with E-state index in [1.807, 2.05) is 58.7 Å². The van der Waals surface area contributed by atoms with Crippen LogP contribution < -0.4 is 4.90 Å². The monoisotopic (exact) mass is 399 g/mol. The maximum absolute atomic E-state index is 13.2. The highest BCUT2D eigenvalue weighted by molar-refractivity contribution is 6.09. The van der Waals surface area contributed by atoms with E-state index in [-0.39, 0.29) is 11.9 Å². The highest BCUT2D eigenvalue weighted by Crippen LogP contribution is 2.30. The first-order valence-electron chi connectivity index (χ1n) is 9.84. The van der Waals surface area contributed by atoms with E-state index in [1.165, 1.54) is 0 Å². The minimum Gasteiger partial charge on any atom is -0.310 e. The number of nitrogens with zero attached hydrogens (tertiary/aromatic N) is 7. The van der Waals surface area contributed by atoms with Crippen molar-refractivity contribution in [2.24, 2.45) is 0 Å². The number of anilines is 1. The lowest BCUT2D eigenvalue weighted by molar-refractivity contribution is 0.0996.